The van der Waals surface area contributed by atoms with Crippen molar-refractivity contribution in [2.75, 3.05) is 18.8 Å². The highest BCUT2D eigenvalue weighted by molar-refractivity contribution is 7.89. The van der Waals surface area contributed by atoms with Gasteiger partial charge in [-0.05, 0) is 38.0 Å². The summed E-state index contributed by atoms with van der Waals surface area (Å²) in [5.74, 6) is 0.478. The number of hydrogen-bond acceptors (Lipinski definition) is 4. The second-order valence-electron chi connectivity index (χ2n) is 8.00. The summed E-state index contributed by atoms with van der Waals surface area (Å²) in [5, 5.41) is 0. The van der Waals surface area contributed by atoms with E-state index in [9.17, 15) is 13.2 Å². The summed E-state index contributed by atoms with van der Waals surface area (Å²) in [5.41, 5.74) is -0.887. The molecular weight excluding hydrogens is 302 g/mol. The molecule has 3 fully saturated rings. The number of carbonyl (C=O) groups is 1. The molecule has 5 nitrogen and oxygen atoms in total. The van der Waals surface area contributed by atoms with E-state index in [1.807, 2.05) is 13.8 Å². The fourth-order valence-electron chi connectivity index (χ4n) is 4.87. The molecule has 0 aromatic heterocycles. The number of Topliss-reactive ketones (excluding diaryl/α,β-unsaturated/α-hetero) is 1. The van der Waals surface area contributed by atoms with E-state index in [1.54, 1.807) is 0 Å². The highest BCUT2D eigenvalue weighted by Crippen LogP contribution is 2.64. The van der Waals surface area contributed by atoms with E-state index in [0.29, 0.717) is 25.4 Å². The minimum Gasteiger partial charge on any atom is -0.373 e. The van der Waals surface area contributed by atoms with Crippen LogP contribution in [0.1, 0.15) is 47.0 Å². The number of carbonyl (C=O) groups excluding carboxylic acids is 1. The lowest BCUT2D eigenvalue weighted by molar-refractivity contribution is -0.128. The smallest absolute Gasteiger partial charge is 0.215 e. The Kier molecular flexibility index (Phi) is 3.74. The lowest BCUT2D eigenvalue weighted by Crippen LogP contribution is -2.52. The Labute approximate surface area is 133 Å². The minimum atomic E-state index is -3.45. The van der Waals surface area contributed by atoms with Crippen molar-refractivity contribution in [3.63, 3.8) is 0 Å². The quantitative estimate of drug-likeness (QED) is 0.792. The van der Waals surface area contributed by atoms with Gasteiger partial charge in [-0.15, -0.1) is 0 Å². The van der Waals surface area contributed by atoms with Crippen LogP contribution in [0.5, 0.6) is 0 Å². The van der Waals surface area contributed by atoms with Crippen molar-refractivity contribution in [2.24, 2.45) is 16.7 Å². The third-order valence-electron chi connectivity index (χ3n) is 6.35. The summed E-state index contributed by atoms with van der Waals surface area (Å²) in [6.07, 6.45) is 2.06. The van der Waals surface area contributed by atoms with Crippen molar-refractivity contribution in [3.8, 4) is 0 Å². The topological polar surface area (TPSA) is 63.7 Å². The molecule has 0 radical (unpaired) electrons. The second kappa shape index (κ2) is 5.02. The summed E-state index contributed by atoms with van der Waals surface area (Å²) in [6.45, 7) is 8.73. The van der Waals surface area contributed by atoms with Crippen LogP contribution < -0.4 is 0 Å². The standard InChI is InChI=1S/C16H27NO4S/c1-11-8-17(9-12(2)21-11)22(19,20)10-16-6-5-13(7-14(16)18)15(16,3)4/h11-13H,5-10H2,1-4H3/t11-,12-,13-,16-/m0/s1. The van der Waals surface area contributed by atoms with Gasteiger partial charge in [-0.2, -0.15) is 4.31 Å². The van der Waals surface area contributed by atoms with E-state index in [1.165, 1.54) is 4.31 Å². The number of sulfonamides is 1. The minimum absolute atomic E-state index is 0.0260. The molecule has 1 saturated heterocycles. The van der Waals surface area contributed by atoms with E-state index in [2.05, 4.69) is 13.8 Å². The predicted molar refractivity (Wildman–Crippen MR) is 83.9 cm³/mol. The van der Waals surface area contributed by atoms with Gasteiger partial charge in [0.2, 0.25) is 10.0 Å². The van der Waals surface area contributed by atoms with Gasteiger partial charge in [0, 0.05) is 24.9 Å². The zero-order valence-corrected chi connectivity index (χ0v) is 14.8. The Bertz CT molecular complexity index is 575. The SMILES string of the molecule is C[C@H]1CN(S(=O)(=O)C[C@@]23CC[C@@H](CC2=O)C3(C)C)C[C@H](C)O1. The largest absolute Gasteiger partial charge is 0.373 e. The van der Waals surface area contributed by atoms with E-state index in [0.717, 1.165) is 12.8 Å². The molecule has 6 heteroatoms. The molecule has 126 valence electrons. The number of ether oxygens (including phenoxy) is 1. The molecule has 4 atom stereocenters. The summed E-state index contributed by atoms with van der Waals surface area (Å²) in [4.78, 5) is 12.6. The third kappa shape index (κ3) is 2.26. The normalized spacial score (nSPS) is 42.0. The molecule has 2 bridgehead atoms. The van der Waals surface area contributed by atoms with Gasteiger partial charge in [-0.1, -0.05) is 13.8 Å². The van der Waals surface area contributed by atoms with Crippen LogP contribution in [0.15, 0.2) is 0 Å². The first kappa shape index (κ1) is 16.4. The molecule has 0 aromatic rings. The average Bonchev–Trinajstić information content (AvgIpc) is 2.71. The van der Waals surface area contributed by atoms with Crippen molar-refractivity contribution in [1.29, 1.82) is 0 Å². The number of nitrogens with zero attached hydrogens (tertiary/aromatic N) is 1. The number of ketones is 1. The molecule has 1 heterocycles. The van der Waals surface area contributed by atoms with Crippen LogP contribution in [0.25, 0.3) is 0 Å². The fourth-order valence-corrected chi connectivity index (χ4v) is 7.23. The summed E-state index contributed by atoms with van der Waals surface area (Å²) in [6, 6.07) is 0. The van der Waals surface area contributed by atoms with Crippen LogP contribution >= 0.6 is 0 Å². The number of hydrogen-bond donors (Lipinski definition) is 0. The monoisotopic (exact) mass is 329 g/mol. The van der Waals surface area contributed by atoms with Crippen LogP contribution in [-0.4, -0.2) is 49.6 Å². The van der Waals surface area contributed by atoms with Crippen LogP contribution in [0.2, 0.25) is 0 Å². The molecule has 0 aromatic carbocycles. The lowest BCUT2D eigenvalue weighted by atomic mass is 9.70. The summed E-state index contributed by atoms with van der Waals surface area (Å²) in [7, 11) is -3.45. The van der Waals surface area contributed by atoms with Crippen molar-refractivity contribution < 1.29 is 17.9 Å². The maximum atomic E-state index is 13.0. The van der Waals surface area contributed by atoms with Crippen molar-refractivity contribution in [2.45, 2.75) is 59.2 Å². The van der Waals surface area contributed by atoms with Crippen molar-refractivity contribution in [3.05, 3.63) is 0 Å². The fraction of sp³-hybridized carbons (Fsp3) is 0.938. The highest BCUT2D eigenvalue weighted by Gasteiger charge is 2.65. The first-order valence-corrected chi connectivity index (χ1v) is 9.86. The van der Waals surface area contributed by atoms with Gasteiger partial charge in [0.25, 0.3) is 0 Å². The van der Waals surface area contributed by atoms with Crippen molar-refractivity contribution >= 4 is 15.8 Å². The highest BCUT2D eigenvalue weighted by atomic mass is 32.2. The van der Waals surface area contributed by atoms with Crippen LogP contribution in [0.3, 0.4) is 0 Å². The Morgan fingerprint density at radius 1 is 1.23 bits per heavy atom. The van der Waals surface area contributed by atoms with E-state index < -0.39 is 15.4 Å². The molecular formula is C16H27NO4S. The van der Waals surface area contributed by atoms with Gasteiger partial charge in [0.15, 0.2) is 0 Å². The van der Waals surface area contributed by atoms with Gasteiger partial charge in [-0.25, -0.2) is 8.42 Å². The first-order valence-electron chi connectivity index (χ1n) is 8.25. The Morgan fingerprint density at radius 3 is 2.27 bits per heavy atom. The number of fused-ring (bicyclic) bond motifs is 2. The molecule has 0 spiro atoms. The molecule has 1 aliphatic heterocycles. The van der Waals surface area contributed by atoms with Gasteiger partial charge in [0.05, 0.1) is 18.0 Å². The zero-order valence-electron chi connectivity index (χ0n) is 14.0. The molecule has 0 amide bonds. The zero-order chi connectivity index (χ0) is 16.3. The molecule has 2 saturated carbocycles. The predicted octanol–water partition coefficient (Wildman–Crippen LogP) is 1.82. The first-order chi connectivity index (χ1) is 10.1. The van der Waals surface area contributed by atoms with Crippen molar-refractivity contribution in [1.82, 2.24) is 4.31 Å². The Hall–Kier alpha value is -0.460. The maximum absolute atomic E-state index is 13.0. The van der Waals surface area contributed by atoms with Gasteiger partial charge >= 0.3 is 0 Å². The van der Waals surface area contributed by atoms with Crippen LogP contribution in [-0.2, 0) is 19.6 Å². The molecule has 2 aliphatic carbocycles. The number of rotatable bonds is 3. The summed E-state index contributed by atoms with van der Waals surface area (Å²) >= 11 is 0. The Morgan fingerprint density at radius 2 is 1.82 bits per heavy atom. The second-order valence-corrected chi connectivity index (χ2v) is 9.97. The average molecular weight is 329 g/mol. The van der Waals surface area contributed by atoms with Gasteiger partial charge < -0.3 is 4.74 Å². The van der Waals surface area contributed by atoms with Crippen LogP contribution in [0, 0.1) is 16.7 Å². The van der Waals surface area contributed by atoms with Gasteiger partial charge in [-0.3, -0.25) is 4.79 Å². The molecule has 3 aliphatic rings. The molecule has 0 N–H and O–H groups in total. The summed E-state index contributed by atoms with van der Waals surface area (Å²) < 4.78 is 33.1. The number of morpholine rings is 1. The molecule has 0 unspecified atom stereocenters. The third-order valence-corrected chi connectivity index (χ3v) is 8.29. The van der Waals surface area contributed by atoms with E-state index in [4.69, 9.17) is 4.74 Å². The lowest BCUT2D eigenvalue weighted by Gasteiger charge is -2.40. The molecule has 22 heavy (non-hydrogen) atoms. The maximum Gasteiger partial charge on any atom is 0.215 e. The van der Waals surface area contributed by atoms with E-state index >= 15 is 0 Å². The van der Waals surface area contributed by atoms with Crippen LogP contribution in [0.4, 0.5) is 0 Å². The van der Waals surface area contributed by atoms with Gasteiger partial charge in [0.1, 0.15) is 5.78 Å². The van der Waals surface area contributed by atoms with E-state index in [-0.39, 0.29) is 29.2 Å². The molecule has 3 rings (SSSR count). The Balaban J connectivity index is 1.87.